The molecule has 1 heterocycles. The lowest BCUT2D eigenvalue weighted by Crippen LogP contribution is -2.26. The van der Waals surface area contributed by atoms with E-state index >= 15 is 0 Å². The molecule has 0 radical (unpaired) electrons. The predicted molar refractivity (Wildman–Crippen MR) is 129 cm³/mol. The molecule has 0 bridgehead atoms. The van der Waals surface area contributed by atoms with E-state index in [-0.39, 0.29) is 17.0 Å². The summed E-state index contributed by atoms with van der Waals surface area (Å²) in [5, 5.41) is 0.333. The average molecular weight is 563 g/mol. The third-order valence-electron chi connectivity index (χ3n) is 5.72. The number of rotatable bonds is 8. The molecule has 3 aromatic carbocycles. The minimum atomic E-state index is -4.57. The maximum atomic E-state index is 14.8. The Morgan fingerprint density at radius 1 is 0.973 bits per heavy atom. The fourth-order valence-corrected chi connectivity index (χ4v) is 5.23. The van der Waals surface area contributed by atoms with E-state index in [9.17, 15) is 26.3 Å². The molecular weight excluding hydrogens is 542 g/mol. The molecule has 1 fully saturated rings. The van der Waals surface area contributed by atoms with E-state index < -0.39 is 51.7 Å². The molecule has 1 saturated heterocycles. The van der Waals surface area contributed by atoms with Crippen molar-refractivity contribution in [2.45, 2.75) is 18.0 Å². The molecule has 2 unspecified atom stereocenters. The Balaban J connectivity index is 1.53. The number of hydrogen-bond acceptors (Lipinski definition) is 4. The fraction of sp³-hybridized carbons (Fsp3) is 0.308. The van der Waals surface area contributed by atoms with Gasteiger partial charge in [-0.2, -0.15) is 8.78 Å². The number of ether oxygens (including phenoxy) is 3. The first kappa shape index (κ1) is 27.6. The van der Waals surface area contributed by atoms with Crippen LogP contribution in [0.25, 0.3) is 11.1 Å². The van der Waals surface area contributed by atoms with Crippen molar-refractivity contribution in [1.29, 1.82) is 0 Å². The Morgan fingerprint density at radius 2 is 1.59 bits per heavy atom. The average Bonchev–Trinajstić information content (AvgIpc) is 2.83. The summed E-state index contributed by atoms with van der Waals surface area (Å²) in [6.45, 7) is 0.873. The monoisotopic (exact) mass is 562 g/mol. The Kier molecular flexibility index (Phi) is 8.63. The summed E-state index contributed by atoms with van der Waals surface area (Å²) < 4.78 is 103. The van der Waals surface area contributed by atoms with Crippen LogP contribution in [-0.4, -0.2) is 26.1 Å². The molecule has 0 N–H and O–H groups in total. The molecule has 0 aliphatic carbocycles. The zero-order chi connectivity index (χ0) is 26.7. The van der Waals surface area contributed by atoms with Crippen molar-refractivity contribution in [3.8, 4) is 16.9 Å². The summed E-state index contributed by atoms with van der Waals surface area (Å²) in [7, 11) is 1.58. The molecule has 37 heavy (non-hydrogen) atoms. The first-order chi connectivity index (χ1) is 17.6. The van der Waals surface area contributed by atoms with Gasteiger partial charge in [-0.1, -0.05) is 23.7 Å². The Morgan fingerprint density at radius 3 is 2.14 bits per heavy atom. The van der Waals surface area contributed by atoms with Crippen molar-refractivity contribution < 1.29 is 40.6 Å². The van der Waals surface area contributed by atoms with Crippen LogP contribution in [0.2, 0.25) is 5.02 Å². The number of alkyl halides is 2. The molecule has 1 aliphatic rings. The summed E-state index contributed by atoms with van der Waals surface area (Å²) in [6, 6.07) is 8.01. The summed E-state index contributed by atoms with van der Waals surface area (Å²) in [4.78, 5) is 0. The third kappa shape index (κ3) is 6.37. The molecule has 3 aromatic rings. The van der Waals surface area contributed by atoms with Gasteiger partial charge in [-0.15, -0.1) is 11.8 Å². The van der Waals surface area contributed by atoms with E-state index in [1.165, 1.54) is 36.0 Å². The van der Waals surface area contributed by atoms with E-state index in [1.807, 2.05) is 0 Å². The van der Waals surface area contributed by atoms with Crippen molar-refractivity contribution >= 4 is 23.4 Å². The molecule has 0 spiro atoms. The molecule has 1 aliphatic heterocycles. The maximum absolute atomic E-state index is 14.8. The van der Waals surface area contributed by atoms with Gasteiger partial charge < -0.3 is 14.2 Å². The van der Waals surface area contributed by atoms with E-state index in [0.29, 0.717) is 36.1 Å². The van der Waals surface area contributed by atoms with Crippen LogP contribution < -0.4 is 4.74 Å². The van der Waals surface area contributed by atoms with Gasteiger partial charge in [0.05, 0.1) is 12.2 Å². The van der Waals surface area contributed by atoms with Gasteiger partial charge in [-0.05, 0) is 47.7 Å². The van der Waals surface area contributed by atoms with Crippen LogP contribution in [0.4, 0.5) is 26.3 Å². The van der Waals surface area contributed by atoms with Gasteiger partial charge in [0.25, 0.3) is 0 Å². The quantitative estimate of drug-likeness (QED) is 0.259. The largest absolute Gasteiger partial charge is 0.432 e. The lowest BCUT2D eigenvalue weighted by atomic mass is 10.0. The van der Waals surface area contributed by atoms with Crippen LogP contribution in [0.1, 0.15) is 23.0 Å². The van der Waals surface area contributed by atoms with Gasteiger partial charge >= 0.3 is 6.11 Å². The van der Waals surface area contributed by atoms with E-state index in [4.69, 9.17) is 21.1 Å². The van der Waals surface area contributed by atoms with E-state index in [0.717, 1.165) is 18.6 Å². The second kappa shape index (κ2) is 11.6. The van der Waals surface area contributed by atoms with Gasteiger partial charge in [0.1, 0.15) is 40.0 Å². The minimum Gasteiger partial charge on any atom is -0.429 e. The van der Waals surface area contributed by atoms with E-state index in [2.05, 4.69) is 4.74 Å². The zero-order valence-electron chi connectivity index (χ0n) is 19.4. The topological polar surface area (TPSA) is 27.7 Å². The Hall–Kier alpha value is -2.40. The summed E-state index contributed by atoms with van der Waals surface area (Å²) in [5.41, 5.74) is -2.77. The van der Waals surface area contributed by atoms with Gasteiger partial charge in [0, 0.05) is 36.6 Å². The highest BCUT2D eigenvalue weighted by Gasteiger charge is 2.42. The van der Waals surface area contributed by atoms with Gasteiger partial charge in [-0.3, -0.25) is 0 Å². The minimum absolute atomic E-state index is 0.0362. The lowest BCUT2D eigenvalue weighted by Gasteiger charge is -2.29. The highest BCUT2D eigenvalue weighted by molar-refractivity contribution is 7.99. The van der Waals surface area contributed by atoms with Crippen LogP contribution in [0, 0.1) is 29.2 Å². The Bertz CT molecular complexity index is 1200. The van der Waals surface area contributed by atoms with Crippen molar-refractivity contribution in [3.05, 3.63) is 87.9 Å². The van der Waals surface area contributed by atoms with Gasteiger partial charge in [0.15, 0.2) is 0 Å². The number of benzene rings is 3. The van der Waals surface area contributed by atoms with Gasteiger partial charge in [-0.25, -0.2) is 17.6 Å². The van der Waals surface area contributed by atoms with Crippen LogP contribution in [0.5, 0.6) is 5.75 Å². The van der Waals surface area contributed by atoms with Gasteiger partial charge in [0.2, 0.25) is 0 Å². The molecule has 0 amide bonds. The third-order valence-corrected chi connectivity index (χ3v) is 7.35. The number of halogens is 7. The van der Waals surface area contributed by atoms with E-state index in [1.54, 1.807) is 7.11 Å². The Labute approximate surface area is 218 Å². The van der Waals surface area contributed by atoms with Crippen molar-refractivity contribution in [2.24, 2.45) is 5.92 Å². The highest BCUT2D eigenvalue weighted by atomic mass is 35.5. The second-order valence-electron chi connectivity index (χ2n) is 8.39. The molecule has 4 rings (SSSR count). The maximum Gasteiger partial charge on any atom is 0.432 e. The zero-order valence-corrected chi connectivity index (χ0v) is 21.0. The lowest BCUT2D eigenvalue weighted by molar-refractivity contribution is -0.189. The normalized spacial score (nSPS) is 18.2. The fourth-order valence-electron chi connectivity index (χ4n) is 3.89. The standard InChI is InChI=1S/C26H21ClF6O3S/c1-34-7-6-14-12-35-25(37-13-14)16-8-21(30)24(22(31)9-16)26(32,33)36-18-10-19(28)23(20(29)11-18)15-2-4-17(27)5-3-15/h2-5,8-11,14,25H,6-7,12-13H2,1H3. The summed E-state index contributed by atoms with van der Waals surface area (Å²) in [6.07, 6.45) is -3.82. The van der Waals surface area contributed by atoms with Crippen LogP contribution in [-0.2, 0) is 15.6 Å². The van der Waals surface area contributed by atoms with Crippen LogP contribution >= 0.6 is 23.4 Å². The molecule has 0 aromatic heterocycles. The summed E-state index contributed by atoms with van der Waals surface area (Å²) >= 11 is 7.06. The van der Waals surface area contributed by atoms with Crippen LogP contribution in [0.15, 0.2) is 48.5 Å². The molecule has 2 atom stereocenters. The number of methoxy groups -OCH3 is 1. The second-order valence-corrected chi connectivity index (χ2v) is 9.92. The predicted octanol–water partition coefficient (Wildman–Crippen LogP) is 8.11. The van der Waals surface area contributed by atoms with Crippen molar-refractivity contribution in [3.63, 3.8) is 0 Å². The first-order valence-corrected chi connectivity index (χ1v) is 12.5. The van der Waals surface area contributed by atoms with Crippen molar-refractivity contribution in [1.82, 2.24) is 0 Å². The molecular formula is C26H21ClF6O3S. The highest BCUT2D eigenvalue weighted by Crippen LogP contribution is 2.41. The molecule has 3 nitrogen and oxygen atoms in total. The number of hydrogen-bond donors (Lipinski definition) is 0. The SMILES string of the molecule is COCCC1COC(c2cc(F)c(C(F)(F)Oc3cc(F)c(-c4ccc(Cl)cc4)c(F)c3)c(F)c2)SC1. The molecule has 11 heteroatoms. The first-order valence-electron chi connectivity index (χ1n) is 11.1. The number of thioether (sulfide) groups is 1. The smallest absolute Gasteiger partial charge is 0.429 e. The van der Waals surface area contributed by atoms with Crippen molar-refractivity contribution in [2.75, 3.05) is 26.1 Å². The summed E-state index contributed by atoms with van der Waals surface area (Å²) in [5.74, 6) is -5.69. The van der Waals surface area contributed by atoms with Crippen LogP contribution in [0.3, 0.4) is 0 Å². The molecule has 198 valence electrons. The molecule has 0 saturated carbocycles.